The highest BCUT2D eigenvalue weighted by molar-refractivity contribution is 6.29. The number of β-lactam (4-membered cyclic amide) rings is 1. The highest BCUT2D eigenvalue weighted by Crippen LogP contribution is 2.39. The fraction of sp³-hybridized carbons (Fsp3) is 0.615. The van der Waals surface area contributed by atoms with Gasteiger partial charge in [-0.15, -0.1) is 0 Å². The zero-order chi connectivity index (χ0) is 13.5. The van der Waals surface area contributed by atoms with Gasteiger partial charge in [-0.3, -0.25) is 14.7 Å². The molecule has 3 rings (SSSR count). The van der Waals surface area contributed by atoms with E-state index in [2.05, 4.69) is 14.9 Å². The number of halogens is 1. The zero-order valence-electron chi connectivity index (χ0n) is 11.0. The van der Waals surface area contributed by atoms with Gasteiger partial charge in [0.05, 0.1) is 23.5 Å². The molecule has 1 aromatic heterocycles. The van der Waals surface area contributed by atoms with Gasteiger partial charge < -0.3 is 4.90 Å². The summed E-state index contributed by atoms with van der Waals surface area (Å²) in [7, 11) is 1.87. The van der Waals surface area contributed by atoms with Crippen LogP contribution >= 0.6 is 11.6 Å². The Hall–Kier alpha value is -1.20. The second kappa shape index (κ2) is 4.72. The second-order valence-electron chi connectivity index (χ2n) is 5.59. The SMILES string of the molecule is CN1C[C@@]2(CCCN(Cc3cnc(Cl)cn3)C2)C1=O. The largest absolute Gasteiger partial charge is 0.344 e. The van der Waals surface area contributed by atoms with Crippen LogP contribution < -0.4 is 0 Å². The van der Waals surface area contributed by atoms with Gasteiger partial charge in [0.15, 0.2) is 0 Å². The number of nitrogens with zero attached hydrogens (tertiary/aromatic N) is 4. The number of aromatic nitrogens is 2. The van der Waals surface area contributed by atoms with Gasteiger partial charge in [-0.1, -0.05) is 11.6 Å². The molecule has 1 atom stereocenters. The fourth-order valence-electron chi connectivity index (χ4n) is 3.22. The van der Waals surface area contributed by atoms with Gasteiger partial charge in [0.1, 0.15) is 5.15 Å². The normalized spacial score (nSPS) is 27.7. The summed E-state index contributed by atoms with van der Waals surface area (Å²) in [6.45, 7) is 3.47. The zero-order valence-corrected chi connectivity index (χ0v) is 11.7. The number of hydrogen-bond donors (Lipinski definition) is 0. The summed E-state index contributed by atoms with van der Waals surface area (Å²) in [6.07, 6.45) is 5.36. The third-order valence-electron chi connectivity index (χ3n) is 4.06. The van der Waals surface area contributed by atoms with Gasteiger partial charge in [0.2, 0.25) is 5.91 Å². The Labute approximate surface area is 117 Å². The Balaban J connectivity index is 1.66. The first-order valence-electron chi connectivity index (χ1n) is 6.53. The molecule has 102 valence electrons. The van der Waals surface area contributed by atoms with Crippen molar-refractivity contribution in [2.45, 2.75) is 19.4 Å². The van der Waals surface area contributed by atoms with Crippen molar-refractivity contribution in [2.24, 2.45) is 5.41 Å². The molecule has 0 radical (unpaired) electrons. The second-order valence-corrected chi connectivity index (χ2v) is 5.97. The number of amides is 1. The van der Waals surface area contributed by atoms with E-state index in [-0.39, 0.29) is 5.41 Å². The molecule has 0 aromatic carbocycles. The number of hydrogen-bond acceptors (Lipinski definition) is 4. The van der Waals surface area contributed by atoms with Crippen molar-refractivity contribution in [1.82, 2.24) is 19.8 Å². The maximum Gasteiger partial charge on any atom is 0.231 e. The van der Waals surface area contributed by atoms with Gasteiger partial charge in [-0.2, -0.15) is 0 Å². The molecule has 2 aliphatic rings. The van der Waals surface area contributed by atoms with Crippen LogP contribution in [0.25, 0.3) is 0 Å². The molecule has 2 aliphatic heterocycles. The number of piperidine rings is 1. The Morgan fingerprint density at radius 3 is 2.84 bits per heavy atom. The van der Waals surface area contributed by atoms with Crippen LogP contribution in [0.4, 0.5) is 0 Å². The van der Waals surface area contributed by atoms with E-state index in [1.807, 2.05) is 11.9 Å². The number of rotatable bonds is 2. The molecule has 6 heteroatoms. The Kier molecular flexibility index (Phi) is 3.19. The predicted molar refractivity (Wildman–Crippen MR) is 71.6 cm³/mol. The molecule has 0 aliphatic carbocycles. The number of carbonyl (C=O) groups excluding carboxylic acids is 1. The van der Waals surface area contributed by atoms with Crippen LogP contribution in [0.5, 0.6) is 0 Å². The molecule has 1 spiro atoms. The highest BCUT2D eigenvalue weighted by atomic mass is 35.5. The van der Waals surface area contributed by atoms with Crippen molar-refractivity contribution < 1.29 is 4.79 Å². The van der Waals surface area contributed by atoms with Gasteiger partial charge in [0.25, 0.3) is 0 Å². The predicted octanol–water partition coefficient (Wildman–Crippen LogP) is 1.18. The van der Waals surface area contributed by atoms with E-state index in [1.54, 1.807) is 12.4 Å². The van der Waals surface area contributed by atoms with E-state index in [9.17, 15) is 4.79 Å². The summed E-state index contributed by atoms with van der Waals surface area (Å²) in [5.74, 6) is 0.291. The number of likely N-dealkylation sites (tertiary alicyclic amines) is 2. The van der Waals surface area contributed by atoms with Crippen LogP contribution in [-0.2, 0) is 11.3 Å². The first-order chi connectivity index (χ1) is 9.09. The van der Waals surface area contributed by atoms with E-state index in [1.165, 1.54) is 0 Å². The summed E-state index contributed by atoms with van der Waals surface area (Å²) in [6, 6.07) is 0. The van der Waals surface area contributed by atoms with Crippen LogP contribution in [0.15, 0.2) is 12.4 Å². The minimum Gasteiger partial charge on any atom is -0.344 e. The third-order valence-corrected chi connectivity index (χ3v) is 4.25. The minimum atomic E-state index is -0.132. The molecule has 0 saturated carbocycles. The lowest BCUT2D eigenvalue weighted by atomic mass is 9.72. The Bertz CT molecular complexity index is 488. The molecular formula is C13H17ClN4O. The highest BCUT2D eigenvalue weighted by Gasteiger charge is 2.52. The van der Waals surface area contributed by atoms with Crippen LogP contribution in [0, 0.1) is 5.41 Å². The van der Waals surface area contributed by atoms with Gasteiger partial charge in [-0.05, 0) is 19.4 Å². The molecule has 2 saturated heterocycles. The van der Waals surface area contributed by atoms with Crippen LogP contribution in [0.3, 0.4) is 0 Å². The lowest BCUT2D eigenvalue weighted by Crippen LogP contribution is -2.65. The van der Waals surface area contributed by atoms with Crippen LogP contribution in [-0.4, -0.2) is 52.4 Å². The minimum absolute atomic E-state index is 0.132. The smallest absolute Gasteiger partial charge is 0.231 e. The van der Waals surface area contributed by atoms with Crippen molar-refractivity contribution in [3.8, 4) is 0 Å². The van der Waals surface area contributed by atoms with E-state index in [0.717, 1.165) is 44.7 Å². The molecular weight excluding hydrogens is 264 g/mol. The van der Waals surface area contributed by atoms with Crippen LogP contribution in [0.2, 0.25) is 5.15 Å². The maximum atomic E-state index is 12.0. The lowest BCUT2D eigenvalue weighted by molar-refractivity contribution is -0.163. The van der Waals surface area contributed by atoms with E-state index >= 15 is 0 Å². The van der Waals surface area contributed by atoms with E-state index < -0.39 is 0 Å². The van der Waals surface area contributed by atoms with Gasteiger partial charge in [-0.25, -0.2) is 4.98 Å². The molecule has 1 aromatic rings. The van der Waals surface area contributed by atoms with Crippen molar-refractivity contribution in [1.29, 1.82) is 0 Å². The number of carbonyl (C=O) groups is 1. The molecule has 2 fully saturated rings. The molecule has 5 nitrogen and oxygen atoms in total. The van der Waals surface area contributed by atoms with Gasteiger partial charge >= 0.3 is 0 Å². The fourth-order valence-corrected chi connectivity index (χ4v) is 3.32. The Morgan fingerprint density at radius 2 is 2.21 bits per heavy atom. The van der Waals surface area contributed by atoms with E-state index in [0.29, 0.717) is 11.1 Å². The maximum absolute atomic E-state index is 12.0. The molecule has 0 unspecified atom stereocenters. The summed E-state index contributed by atoms with van der Waals surface area (Å²) in [5.41, 5.74) is 0.772. The first kappa shape index (κ1) is 12.8. The summed E-state index contributed by atoms with van der Waals surface area (Å²) >= 11 is 5.73. The molecule has 3 heterocycles. The van der Waals surface area contributed by atoms with Crippen molar-refractivity contribution in [2.75, 3.05) is 26.7 Å². The van der Waals surface area contributed by atoms with Crippen molar-refractivity contribution in [3.63, 3.8) is 0 Å². The Morgan fingerprint density at radius 1 is 1.37 bits per heavy atom. The van der Waals surface area contributed by atoms with Crippen molar-refractivity contribution >= 4 is 17.5 Å². The molecule has 19 heavy (non-hydrogen) atoms. The van der Waals surface area contributed by atoms with Crippen molar-refractivity contribution in [3.05, 3.63) is 23.2 Å². The average molecular weight is 281 g/mol. The lowest BCUT2D eigenvalue weighted by Gasteiger charge is -2.51. The molecule has 0 N–H and O–H groups in total. The summed E-state index contributed by atoms with van der Waals surface area (Å²) < 4.78 is 0. The van der Waals surface area contributed by atoms with Gasteiger partial charge in [0, 0.05) is 26.7 Å². The summed E-state index contributed by atoms with van der Waals surface area (Å²) in [5, 5.41) is 0.412. The monoisotopic (exact) mass is 280 g/mol. The topological polar surface area (TPSA) is 49.3 Å². The standard InChI is InChI=1S/C13H17ClN4O/c1-17-8-13(12(17)19)3-2-4-18(9-13)7-10-5-16-11(14)6-15-10/h5-6H,2-4,7-9H2,1H3/t13-/m1/s1. The van der Waals surface area contributed by atoms with E-state index in [4.69, 9.17) is 11.6 Å². The quantitative estimate of drug-likeness (QED) is 0.764. The summed E-state index contributed by atoms with van der Waals surface area (Å²) in [4.78, 5) is 24.5. The average Bonchev–Trinajstić information content (AvgIpc) is 2.42. The van der Waals surface area contributed by atoms with Crippen LogP contribution in [0.1, 0.15) is 18.5 Å². The third kappa shape index (κ3) is 2.32. The molecule has 1 amide bonds. The first-order valence-corrected chi connectivity index (χ1v) is 6.91. The molecule has 0 bridgehead atoms.